The first-order valence-electron chi connectivity index (χ1n) is 11.2. The standard InChI is InChI=1S/C22H36N4OS/c1-2-23-21(26-11-8-19(17-26)25-12-14-27-15-13-25)24-18-22(9-4-3-5-10-22)20-7-6-16-28-20/h6-7,16,19H,2-5,8-15,17-18H2,1H3,(H,23,24). The fraction of sp³-hybridized carbons (Fsp3) is 0.773. The molecule has 3 aliphatic rings. The Balaban J connectivity index is 1.45. The van der Waals surface area contributed by atoms with Gasteiger partial charge in [0.1, 0.15) is 0 Å². The summed E-state index contributed by atoms with van der Waals surface area (Å²) in [7, 11) is 0. The molecule has 0 spiro atoms. The van der Waals surface area contributed by atoms with Crippen LogP contribution in [0.4, 0.5) is 0 Å². The molecule has 1 unspecified atom stereocenters. The van der Waals surface area contributed by atoms with Crippen LogP contribution >= 0.6 is 11.3 Å². The van der Waals surface area contributed by atoms with E-state index in [9.17, 15) is 0 Å². The van der Waals surface area contributed by atoms with Gasteiger partial charge in [0.25, 0.3) is 0 Å². The molecule has 6 heteroatoms. The molecule has 1 aromatic rings. The third-order valence-electron chi connectivity index (χ3n) is 6.75. The van der Waals surface area contributed by atoms with Crippen LogP contribution in [0.3, 0.4) is 0 Å². The van der Waals surface area contributed by atoms with Gasteiger partial charge in [0, 0.05) is 49.1 Å². The van der Waals surface area contributed by atoms with Crippen LogP contribution in [0.25, 0.3) is 0 Å². The summed E-state index contributed by atoms with van der Waals surface area (Å²) in [6.07, 6.45) is 7.87. The van der Waals surface area contributed by atoms with Gasteiger partial charge in [0.2, 0.25) is 0 Å². The van der Waals surface area contributed by atoms with Crippen LogP contribution in [0.15, 0.2) is 22.5 Å². The zero-order valence-electron chi connectivity index (χ0n) is 17.4. The van der Waals surface area contributed by atoms with Gasteiger partial charge in [0.15, 0.2) is 5.96 Å². The lowest BCUT2D eigenvalue weighted by Crippen LogP contribution is -2.47. The van der Waals surface area contributed by atoms with Crippen LogP contribution in [0, 0.1) is 0 Å². The van der Waals surface area contributed by atoms with Crippen molar-refractivity contribution in [3.05, 3.63) is 22.4 Å². The van der Waals surface area contributed by atoms with E-state index in [4.69, 9.17) is 9.73 Å². The van der Waals surface area contributed by atoms with Gasteiger partial charge in [-0.3, -0.25) is 9.89 Å². The van der Waals surface area contributed by atoms with Crippen LogP contribution in [0.5, 0.6) is 0 Å². The number of nitrogens with zero attached hydrogens (tertiary/aromatic N) is 3. The SMILES string of the molecule is CCNC(=NCC1(c2cccs2)CCCCC1)N1CCC(N2CCOCC2)C1. The number of likely N-dealkylation sites (tertiary alicyclic amines) is 1. The molecule has 1 aromatic heterocycles. The number of hydrogen-bond acceptors (Lipinski definition) is 4. The van der Waals surface area contributed by atoms with Gasteiger partial charge >= 0.3 is 0 Å². The quantitative estimate of drug-likeness (QED) is 0.604. The van der Waals surface area contributed by atoms with Crippen molar-refractivity contribution in [2.45, 2.75) is 56.9 Å². The Morgan fingerprint density at radius 1 is 1.25 bits per heavy atom. The molecule has 0 amide bonds. The van der Waals surface area contributed by atoms with Gasteiger partial charge < -0.3 is 15.0 Å². The Morgan fingerprint density at radius 3 is 2.79 bits per heavy atom. The number of hydrogen-bond donors (Lipinski definition) is 1. The van der Waals surface area contributed by atoms with Crippen molar-refractivity contribution in [1.29, 1.82) is 0 Å². The molecule has 2 aliphatic heterocycles. The maximum absolute atomic E-state index is 5.53. The second-order valence-corrected chi connectivity index (χ2v) is 9.47. The molecule has 1 N–H and O–H groups in total. The lowest BCUT2D eigenvalue weighted by molar-refractivity contribution is 0.0195. The molecule has 1 atom stereocenters. The predicted octanol–water partition coefficient (Wildman–Crippen LogP) is 3.32. The Morgan fingerprint density at radius 2 is 2.07 bits per heavy atom. The summed E-state index contributed by atoms with van der Waals surface area (Å²) in [5.41, 5.74) is 0.260. The van der Waals surface area contributed by atoms with Gasteiger partial charge in [0.05, 0.1) is 19.8 Å². The van der Waals surface area contributed by atoms with Crippen molar-refractivity contribution in [3.8, 4) is 0 Å². The molecule has 156 valence electrons. The highest BCUT2D eigenvalue weighted by Gasteiger charge is 2.36. The van der Waals surface area contributed by atoms with Crippen LogP contribution in [0.1, 0.15) is 50.3 Å². The smallest absolute Gasteiger partial charge is 0.193 e. The van der Waals surface area contributed by atoms with Gasteiger partial charge in [-0.15, -0.1) is 11.3 Å². The highest BCUT2D eigenvalue weighted by molar-refractivity contribution is 7.10. The summed E-state index contributed by atoms with van der Waals surface area (Å²) in [6.45, 7) is 10.2. The Hall–Kier alpha value is -1.11. The zero-order chi connectivity index (χ0) is 19.2. The molecular formula is C22H36N4OS. The second-order valence-electron chi connectivity index (χ2n) is 8.53. The molecule has 3 heterocycles. The Labute approximate surface area is 174 Å². The van der Waals surface area contributed by atoms with E-state index in [1.165, 1.54) is 38.5 Å². The normalized spacial score (nSPS) is 26.5. The average Bonchev–Trinajstić information content (AvgIpc) is 3.45. The van der Waals surface area contributed by atoms with Crippen molar-refractivity contribution >= 4 is 17.3 Å². The van der Waals surface area contributed by atoms with Gasteiger partial charge in [-0.1, -0.05) is 25.3 Å². The third-order valence-corrected chi connectivity index (χ3v) is 7.86. The number of guanidine groups is 1. The minimum Gasteiger partial charge on any atom is -0.379 e. The third kappa shape index (κ3) is 4.55. The minimum absolute atomic E-state index is 0.260. The van der Waals surface area contributed by atoms with E-state index in [2.05, 4.69) is 39.6 Å². The van der Waals surface area contributed by atoms with Crippen LogP contribution < -0.4 is 5.32 Å². The zero-order valence-corrected chi connectivity index (χ0v) is 18.2. The monoisotopic (exact) mass is 404 g/mol. The molecule has 5 nitrogen and oxygen atoms in total. The largest absolute Gasteiger partial charge is 0.379 e. The van der Waals surface area contributed by atoms with Crippen LogP contribution in [0.2, 0.25) is 0 Å². The molecule has 0 radical (unpaired) electrons. The lowest BCUT2D eigenvalue weighted by atomic mass is 9.73. The number of rotatable bonds is 5. The molecule has 0 bridgehead atoms. The average molecular weight is 405 g/mol. The topological polar surface area (TPSA) is 40.1 Å². The van der Waals surface area contributed by atoms with Crippen molar-refractivity contribution in [1.82, 2.24) is 15.1 Å². The maximum Gasteiger partial charge on any atom is 0.193 e. The first kappa shape index (κ1) is 20.2. The van der Waals surface area contributed by atoms with Gasteiger partial charge in [-0.05, 0) is 37.6 Å². The van der Waals surface area contributed by atoms with E-state index in [1.54, 1.807) is 4.88 Å². The molecule has 1 saturated carbocycles. The lowest BCUT2D eigenvalue weighted by Gasteiger charge is -2.36. The van der Waals surface area contributed by atoms with E-state index in [1.807, 2.05) is 11.3 Å². The van der Waals surface area contributed by atoms with Crippen molar-refractivity contribution in [2.24, 2.45) is 4.99 Å². The second kappa shape index (κ2) is 9.59. The van der Waals surface area contributed by atoms with E-state index in [-0.39, 0.29) is 5.41 Å². The van der Waals surface area contributed by atoms with Crippen LogP contribution in [-0.4, -0.2) is 74.3 Å². The molecule has 2 saturated heterocycles. The summed E-state index contributed by atoms with van der Waals surface area (Å²) in [4.78, 5) is 11.9. The molecule has 3 fully saturated rings. The van der Waals surface area contributed by atoms with Gasteiger partial charge in [-0.2, -0.15) is 0 Å². The Bertz CT molecular complexity index is 620. The molecule has 1 aliphatic carbocycles. The highest BCUT2D eigenvalue weighted by atomic mass is 32.1. The number of nitrogens with one attached hydrogen (secondary N) is 1. The summed E-state index contributed by atoms with van der Waals surface area (Å²) >= 11 is 1.92. The molecular weight excluding hydrogens is 368 g/mol. The van der Waals surface area contributed by atoms with E-state index in [0.717, 1.165) is 58.4 Å². The van der Waals surface area contributed by atoms with Crippen molar-refractivity contribution < 1.29 is 4.74 Å². The molecule has 4 rings (SSSR count). The van der Waals surface area contributed by atoms with Crippen molar-refractivity contribution in [3.63, 3.8) is 0 Å². The fourth-order valence-corrected chi connectivity index (χ4v) is 6.10. The fourth-order valence-electron chi connectivity index (χ4n) is 5.12. The summed E-state index contributed by atoms with van der Waals surface area (Å²) in [6, 6.07) is 5.19. The summed E-state index contributed by atoms with van der Waals surface area (Å²) in [5.74, 6) is 1.12. The maximum atomic E-state index is 5.53. The van der Waals surface area contributed by atoms with E-state index < -0.39 is 0 Å². The Kier molecular flexibility index (Phi) is 6.91. The summed E-state index contributed by atoms with van der Waals surface area (Å²) in [5, 5.41) is 5.82. The predicted molar refractivity (Wildman–Crippen MR) is 117 cm³/mol. The number of ether oxygens (including phenoxy) is 1. The first-order chi connectivity index (χ1) is 13.8. The summed E-state index contributed by atoms with van der Waals surface area (Å²) < 4.78 is 5.53. The molecule has 0 aromatic carbocycles. The van der Waals surface area contributed by atoms with Crippen LogP contribution in [-0.2, 0) is 10.2 Å². The van der Waals surface area contributed by atoms with Gasteiger partial charge in [-0.25, -0.2) is 0 Å². The minimum atomic E-state index is 0.260. The number of thiophene rings is 1. The van der Waals surface area contributed by atoms with E-state index in [0.29, 0.717) is 6.04 Å². The number of aliphatic imine (C=N–C) groups is 1. The molecule has 28 heavy (non-hydrogen) atoms. The first-order valence-corrected chi connectivity index (χ1v) is 12.1. The highest BCUT2D eigenvalue weighted by Crippen LogP contribution is 2.41. The van der Waals surface area contributed by atoms with E-state index >= 15 is 0 Å². The number of morpholine rings is 1. The van der Waals surface area contributed by atoms with Crippen molar-refractivity contribution in [2.75, 3.05) is 52.5 Å².